The molecule has 1 fully saturated rings. The first-order valence-corrected chi connectivity index (χ1v) is 8.01. The summed E-state index contributed by atoms with van der Waals surface area (Å²) in [6, 6.07) is 7.60. The van der Waals surface area contributed by atoms with Gasteiger partial charge in [-0.05, 0) is 30.3 Å². The Morgan fingerprint density at radius 2 is 1.75 bits per heavy atom. The summed E-state index contributed by atoms with van der Waals surface area (Å²) in [5.74, 6) is 1.00. The molecule has 0 amide bonds. The van der Waals surface area contributed by atoms with Crippen LogP contribution in [-0.4, -0.2) is 65.4 Å². The maximum absolute atomic E-state index is 12.8. The minimum Gasteiger partial charge on any atom is -0.491 e. The number of halogens is 1. The maximum Gasteiger partial charge on any atom is 0.225 e. The fraction of sp³-hybridized carbons (Fsp3) is 0.412. The van der Waals surface area contributed by atoms with Crippen molar-refractivity contribution < 1.29 is 14.2 Å². The zero-order chi connectivity index (χ0) is 16.8. The van der Waals surface area contributed by atoms with Crippen LogP contribution in [0.2, 0.25) is 0 Å². The Morgan fingerprint density at radius 1 is 1.08 bits per heavy atom. The summed E-state index contributed by atoms with van der Waals surface area (Å²) in [6.07, 6.45) is 2.89. The average molecular weight is 332 g/mol. The van der Waals surface area contributed by atoms with Crippen molar-refractivity contribution >= 4 is 5.95 Å². The number of anilines is 1. The maximum atomic E-state index is 12.8. The lowest BCUT2D eigenvalue weighted by molar-refractivity contribution is 0.0662. The summed E-state index contributed by atoms with van der Waals surface area (Å²) in [5, 5.41) is 10.1. The van der Waals surface area contributed by atoms with Crippen LogP contribution < -0.4 is 9.64 Å². The van der Waals surface area contributed by atoms with Crippen LogP contribution in [-0.2, 0) is 0 Å². The summed E-state index contributed by atoms with van der Waals surface area (Å²) in [6.45, 7) is 4.07. The molecule has 1 atom stereocenters. The Labute approximate surface area is 140 Å². The summed E-state index contributed by atoms with van der Waals surface area (Å²) in [4.78, 5) is 12.8. The molecule has 1 aromatic carbocycles. The Kier molecular flexibility index (Phi) is 5.55. The Balaban J connectivity index is 1.40. The highest BCUT2D eigenvalue weighted by molar-refractivity contribution is 5.29. The first kappa shape index (κ1) is 16.6. The number of β-amino-alcohol motifs (C(OH)–C–C–N with tert-alkyl or cyclic N) is 1. The van der Waals surface area contributed by atoms with Gasteiger partial charge in [0.2, 0.25) is 5.95 Å². The summed E-state index contributed by atoms with van der Waals surface area (Å²) in [7, 11) is 0. The fourth-order valence-electron chi connectivity index (χ4n) is 2.66. The fourth-order valence-corrected chi connectivity index (χ4v) is 2.66. The van der Waals surface area contributed by atoms with E-state index in [0.717, 1.165) is 32.1 Å². The van der Waals surface area contributed by atoms with Gasteiger partial charge in [-0.3, -0.25) is 4.90 Å². The van der Waals surface area contributed by atoms with Crippen molar-refractivity contribution in [1.82, 2.24) is 14.9 Å². The number of hydrogen-bond acceptors (Lipinski definition) is 6. The Morgan fingerprint density at radius 3 is 2.42 bits per heavy atom. The molecule has 1 aromatic heterocycles. The zero-order valence-corrected chi connectivity index (χ0v) is 13.4. The molecule has 0 radical (unpaired) electrons. The van der Waals surface area contributed by atoms with Gasteiger partial charge in [0, 0.05) is 45.1 Å². The van der Waals surface area contributed by atoms with Crippen LogP contribution >= 0.6 is 0 Å². The number of aromatic nitrogens is 2. The van der Waals surface area contributed by atoms with E-state index in [0.29, 0.717) is 12.3 Å². The van der Waals surface area contributed by atoms with Gasteiger partial charge >= 0.3 is 0 Å². The van der Waals surface area contributed by atoms with Crippen LogP contribution in [0.25, 0.3) is 0 Å². The number of aliphatic hydroxyl groups is 1. The third-order valence-corrected chi connectivity index (χ3v) is 3.93. The molecule has 7 heteroatoms. The lowest BCUT2D eigenvalue weighted by Gasteiger charge is -2.35. The van der Waals surface area contributed by atoms with Crippen molar-refractivity contribution in [1.29, 1.82) is 0 Å². The number of ether oxygens (including phenoxy) is 1. The summed E-state index contributed by atoms with van der Waals surface area (Å²) < 4.78 is 18.3. The molecule has 0 unspecified atom stereocenters. The van der Waals surface area contributed by atoms with Crippen LogP contribution in [0.3, 0.4) is 0 Å². The first-order chi connectivity index (χ1) is 11.7. The molecule has 1 aliphatic heterocycles. The summed E-state index contributed by atoms with van der Waals surface area (Å²) in [5.41, 5.74) is 0. The van der Waals surface area contributed by atoms with Gasteiger partial charge in [0.1, 0.15) is 24.3 Å². The highest BCUT2D eigenvalue weighted by Crippen LogP contribution is 2.12. The average Bonchev–Trinajstić information content (AvgIpc) is 2.63. The van der Waals surface area contributed by atoms with Crippen molar-refractivity contribution in [2.45, 2.75) is 6.10 Å². The van der Waals surface area contributed by atoms with Crippen LogP contribution in [0.15, 0.2) is 42.7 Å². The molecule has 0 spiro atoms. The number of benzene rings is 1. The third-order valence-electron chi connectivity index (χ3n) is 3.93. The van der Waals surface area contributed by atoms with E-state index in [4.69, 9.17) is 4.74 Å². The number of nitrogens with zero attached hydrogens (tertiary/aromatic N) is 4. The van der Waals surface area contributed by atoms with E-state index in [2.05, 4.69) is 19.8 Å². The van der Waals surface area contributed by atoms with Gasteiger partial charge in [-0.25, -0.2) is 14.4 Å². The molecule has 1 aliphatic rings. The van der Waals surface area contributed by atoms with Gasteiger partial charge in [0.25, 0.3) is 0 Å². The molecule has 6 nitrogen and oxygen atoms in total. The van der Waals surface area contributed by atoms with Crippen LogP contribution in [0.1, 0.15) is 0 Å². The topological polar surface area (TPSA) is 61.7 Å². The van der Waals surface area contributed by atoms with Crippen LogP contribution in [0.5, 0.6) is 5.75 Å². The van der Waals surface area contributed by atoms with Gasteiger partial charge in [-0.15, -0.1) is 0 Å². The van der Waals surface area contributed by atoms with Gasteiger partial charge < -0.3 is 14.7 Å². The van der Waals surface area contributed by atoms with Gasteiger partial charge in [-0.2, -0.15) is 0 Å². The smallest absolute Gasteiger partial charge is 0.225 e. The monoisotopic (exact) mass is 332 g/mol. The molecule has 2 aromatic rings. The van der Waals surface area contributed by atoms with Crippen molar-refractivity contribution in [3.63, 3.8) is 0 Å². The van der Waals surface area contributed by atoms with Gasteiger partial charge in [-0.1, -0.05) is 0 Å². The second-order valence-corrected chi connectivity index (χ2v) is 5.76. The SMILES string of the molecule is O[C@H](COc1ccc(F)cc1)CN1CCN(c2ncccn2)CC1. The van der Waals surface area contributed by atoms with E-state index in [1.807, 2.05) is 0 Å². The van der Waals surface area contributed by atoms with E-state index < -0.39 is 6.10 Å². The van der Waals surface area contributed by atoms with Crippen molar-refractivity contribution in [2.24, 2.45) is 0 Å². The zero-order valence-electron chi connectivity index (χ0n) is 13.4. The van der Waals surface area contributed by atoms with Crippen LogP contribution in [0, 0.1) is 5.82 Å². The quantitative estimate of drug-likeness (QED) is 0.857. The van der Waals surface area contributed by atoms with E-state index in [9.17, 15) is 9.50 Å². The predicted octanol–water partition coefficient (Wildman–Crippen LogP) is 1.18. The molecule has 128 valence electrons. The predicted molar refractivity (Wildman–Crippen MR) is 88.6 cm³/mol. The lowest BCUT2D eigenvalue weighted by atomic mass is 10.2. The molecule has 0 saturated carbocycles. The van der Waals surface area contributed by atoms with Crippen molar-refractivity contribution in [2.75, 3.05) is 44.2 Å². The Hall–Kier alpha value is -2.25. The molecule has 2 heterocycles. The molecule has 0 aliphatic carbocycles. The van der Waals surface area contributed by atoms with E-state index in [-0.39, 0.29) is 12.4 Å². The molecule has 1 N–H and O–H groups in total. The van der Waals surface area contributed by atoms with E-state index in [1.165, 1.54) is 12.1 Å². The van der Waals surface area contributed by atoms with Gasteiger partial charge in [0.15, 0.2) is 0 Å². The molecular formula is C17H21FN4O2. The first-order valence-electron chi connectivity index (χ1n) is 8.01. The minimum absolute atomic E-state index is 0.188. The Bertz CT molecular complexity index is 618. The standard InChI is InChI=1S/C17H21FN4O2/c18-14-2-4-16(5-3-14)24-13-15(23)12-21-8-10-22(11-9-21)17-19-6-1-7-20-17/h1-7,15,23H,8-13H2/t15-/m0/s1. The highest BCUT2D eigenvalue weighted by Gasteiger charge is 2.20. The molecular weight excluding hydrogens is 311 g/mol. The van der Waals surface area contributed by atoms with Crippen molar-refractivity contribution in [3.05, 3.63) is 48.5 Å². The second kappa shape index (κ2) is 8.03. The molecule has 3 rings (SSSR count). The third kappa shape index (κ3) is 4.62. The number of hydrogen-bond donors (Lipinski definition) is 1. The second-order valence-electron chi connectivity index (χ2n) is 5.76. The molecule has 24 heavy (non-hydrogen) atoms. The number of rotatable bonds is 6. The van der Waals surface area contributed by atoms with Crippen molar-refractivity contribution in [3.8, 4) is 5.75 Å². The highest BCUT2D eigenvalue weighted by atomic mass is 19.1. The summed E-state index contributed by atoms with van der Waals surface area (Å²) >= 11 is 0. The normalized spacial score (nSPS) is 16.8. The minimum atomic E-state index is -0.588. The molecule has 1 saturated heterocycles. The number of aliphatic hydroxyl groups excluding tert-OH is 1. The van der Waals surface area contributed by atoms with E-state index in [1.54, 1.807) is 30.6 Å². The largest absolute Gasteiger partial charge is 0.491 e. The van der Waals surface area contributed by atoms with E-state index >= 15 is 0 Å². The molecule has 0 bridgehead atoms. The van der Waals surface area contributed by atoms with Crippen LogP contribution in [0.4, 0.5) is 10.3 Å². The van der Waals surface area contributed by atoms with Gasteiger partial charge in [0.05, 0.1) is 0 Å². The lowest BCUT2D eigenvalue weighted by Crippen LogP contribution is -2.49. The number of piperazine rings is 1.